The molecule has 1 aliphatic heterocycles. The molecule has 31 heavy (non-hydrogen) atoms. The van der Waals surface area contributed by atoms with E-state index >= 15 is 0 Å². The Balaban J connectivity index is 1.86. The molecular formula is C22H22N2O6S. The van der Waals surface area contributed by atoms with E-state index < -0.39 is 21.6 Å². The Hall–Kier alpha value is -3.43. The maximum absolute atomic E-state index is 12.8. The van der Waals surface area contributed by atoms with Gasteiger partial charge in [-0.25, -0.2) is 8.42 Å². The number of rotatable bonds is 7. The number of carbonyl (C=O) groups is 2. The lowest BCUT2D eigenvalue weighted by Gasteiger charge is -2.27. The highest BCUT2D eigenvalue weighted by molar-refractivity contribution is 7.89. The minimum absolute atomic E-state index is 0.0669. The van der Waals surface area contributed by atoms with Crippen LogP contribution < -0.4 is 5.32 Å². The van der Waals surface area contributed by atoms with Crippen molar-refractivity contribution in [1.29, 1.82) is 0 Å². The number of fused-ring (bicyclic) bond motifs is 1. The normalized spacial score (nSPS) is 15.1. The Morgan fingerprint density at radius 2 is 1.90 bits per heavy atom. The van der Waals surface area contributed by atoms with Crippen molar-refractivity contribution < 1.29 is 27.9 Å². The fourth-order valence-corrected chi connectivity index (χ4v) is 4.51. The second-order valence-corrected chi connectivity index (χ2v) is 8.68. The van der Waals surface area contributed by atoms with E-state index in [2.05, 4.69) is 5.32 Å². The number of hydrogen-bond donors (Lipinski definition) is 2. The third kappa shape index (κ3) is 4.52. The van der Waals surface area contributed by atoms with Crippen LogP contribution in [0.3, 0.4) is 0 Å². The highest BCUT2D eigenvalue weighted by atomic mass is 32.2. The number of methoxy groups -OCH3 is 1. The van der Waals surface area contributed by atoms with Crippen molar-refractivity contribution in [3.63, 3.8) is 0 Å². The number of allylic oxidation sites excluding steroid dienone is 1. The minimum atomic E-state index is -3.96. The number of benzene rings is 2. The number of ether oxygens (including phenoxy) is 1. The summed E-state index contributed by atoms with van der Waals surface area (Å²) < 4.78 is 31.1. The van der Waals surface area contributed by atoms with Crippen LogP contribution in [0.2, 0.25) is 0 Å². The van der Waals surface area contributed by atoms with Crippen molar-refractivity contribution >= 4 is 33.5 Å². The summed E-state index contributed by atoms with van der Waals surface area (Å²) in [5.74, 6) is -1.38. The summed E-state index contributed by atoms with van der Waals surface area (Å²) in [7, 11) is -1.21. The predicted molar refractivity (Wildman–Crippen MR) is 116 cm³/mol. The van der Waals surface area contributed by atoms with Crippen LogP contribution in [0.25, 0.3) is 11.8 Å². The van der Waals surface area contributed by atoms with E-state index in [0.29, 0.717) is 24.3 Å². The zero-order valence-electron chi connectivity index (χ0n) is 17.0. The Morgan fingerprint density at radius 3 is 2.65 bits per heavy atom. The number of likely N-dealkylation sites (N-methyl/N-ethyl adjacent to an activating group) is 1. The van der Waals surface area contributed by atoms with Gasteiger partial charge in [-0.2, -0.15) is 0 Å². The molecule has 1 amide bonds. The molecule has 0 unspecified atom stereocenters. The van der Waals surface area contributed by atoms with Gasteiger partial charge in [0.1, 0.15) is 5.70 Å². The summed E-state index contributed by atoms with van der Waals surface area (Å²) >= 11 is 0. The van der Waals surface area contributed by atoms with Crippen LogP contribution in [-0.4, -0.2) is 56.8 Å². The van der Waals surface area contributed by atoms with Crippen LogP contribution in [0.5, 0.6) is 0 Å². The van der Waals surface area contributed by atoms with Crippen molar-refractivity contribution in [3.8, 4) is 0 Å². The number of aliphatic hydroxyl groups excluding tert-OH is 1. The molecule has 3 rings (SSSR count). The molecule has 0 aliphatic carbocycles. The number of carbonyl (C=O) groups excluding carboxylic acids is 2. The zero-order chi connectivity index (χ0) is 22.6. The first kappa shape index (κ1) is 22.3. The average molecular weight is 442 g/mol. The summed E-state index contributed by atoms with van der Waals surface area (Å²) in [6.07, 6.45) is 2.61. The van der Waals surface area contributed by atoms with Crippen LogP contribution in [0.4, 0.5) is 0 Å². The van der Waals surface area contributed by atoms with Crippen molar-refractivity contribution in [3.05, 3.63) is 77.0 Å². The van der Waals surface area contributed by atoms with Crippen molar-refractivity contribution in [1.82, 2.24) is 9.62 Å². The van der Waals surface area contributed by atoms with Gasteiger partial charge in [0.2, 0.25) is 5.78 Å². The standard InChI is InChI=1S/C22H22N2O6S/c1-24-20(21(26)17-8-3-4-9-19(17)31(24,28)29)18(25)11-10-15-6-5-7-16(14-15)22(27)23-12-13-30-2/h3-11,14,26H,12-13H2,1-2H3,(H,23,27). The Morgan fingerprint density at radius 1 is 1.16 bits per heavy atom. The smallest absolute Gasteiger partial charge is 0.265 e. The highest BCUT2D eigenvalue weighted by Crippen LogP contribution is 2.34. The number of aliphatic hydroxyl groups is 1. The molecule has 8 nitrogen and oxygen atoms in total. The van der Waals surface area contributed by atoms with Crippen LogP contribution in [0.15, 0.2) is 65.2 Å². The third-order valence-corrected chi connectivity index (χ3v) is 6.54. The predicted octanol–water partition coefficient (Wildman–Crippen LogP) is 2.21. The number of hydrogen-bond acceptors (Lipinski definition) is 6. The molecular weight excluding hydrogens is 420 g/mol. The summed E-state index contributed by atoms with van der Waals surface area (Å²) in [4.78, 5) is 24.9. The number of nitrogens with one attached hydrogen (secondary N) is 1. The van der Waals surface area contributed by atoms with E-state index in [9.17, 15) is 23.1 Å². The van der Waals surface area contributed by atoms with Gasteiger partial charge in [-0.15, -0.1) is 0 Å². The first-order valence-electron chi connectivity index (χ1n) is 9.38. The molecule has 1 aliphatic rings. The van der Waals surface area contributed by atoms with Crippen molar-refractivity contribution in [2.45, 2.75) is 4.90 Å². The monoisotopic (exact) mass is 442 g/mol. The number of ketones is 1. The van der Waals surface area contributed by atoms with Crippen LogP contribution in [-0.2, 0) is 19.6 Å². The topological polar surface area (TPSA) is 113 Å². The molecule has 0 bridgehead atoms. The molecule has 0 radical (unpaired) electrons. The highest BCUT2D eigenvalue weighted by Gasteiger charge is 2.36. The fourth-order valence-electron chi connectivity index (χ4n) is 3.11. The Bertz CT molecular complexity index is 1180. The number of nitrogens with zero attached hydrogens (tertiary/aromatic N) is 1. The minimum Gasteiger partial charge on any atom is -0.505 e. The van der Waals surface area contributed by atoms with Crippen LogP contribution >= 0.6 is 0 Å². The van der Waals surface area contributed by atoms with E-state index in [1.807, 2.05) is 0 Å². The first-order chi connectivity index (χ1) is 14.8. The molecule has 2 aromatic rings. The maximum atomic E-state index is 12.8. The van der Waals surface area contributed by atoms with E-state index in [4.69, 9.17) is 4.74 Å². The van der Waals surface area contributed by atoms with Gasteiger partial charge < -0.3 is 15.2 Å². The molecule has 2 N–H and O–H groups in total. The summed E-state index contributed by atoms with van der Waals surface area (Å²) in [6.45, 7) is 0.752. The largest absolute Gasteiger partial charge is 0.505 e. The summed E-state index contributed by atoms with van der Waals surface area (Å²) in [6, 6.07) is 12.5. The van der Waals surface area contributed by atoms with Crippen LogP contribution in [0.1, 0.15) is 21.5 Å². The Kier molecular flexibility index (Phi) is 6.57. The van der Waals surface area contributed by atoms with Gasteiger partial charge in [-0.3, -0.25) is 13.9 Å². The van der Waals surface area contributed by atoms with E-state index in [-0.39, 0.29) is 22.1 Å². The number of amides is 1. The first-order valence-corrected chi connectivity index (χ1v) is 10.8. The lowest BCUT2D eigenvalue weighted by atomic mass is 10.1. The summed E-state index contributed by atoms with van der Waals surface area (Å²) in [5, 5.41) is 13.3. The lowest BCUT2D eigenvalue weighted by Crippen LogP contribution is -2.34. The third-order valence-electron chi connectivity index (χ3n) is 4.72. The quantitative estimate of drug-likeness (QED) is 0.502. The molecule has 0 atom stereocenters. The molecule has 0 spiro atoms. The maximum Gasteiger partial charge on any atom is 0.265 e. The van der Waals surface area contributed by atoms with E-state index in [0.717, 1.165) is 10.4 Å². The molecule has 2 aromatic carbocycles. The molecule has 0 fully saturated rings. The molecule has 9 heteroatoms. The SMILES string of the molecule is COCCNC(=O)c1cccc(C=CC(=O)C2=C(O)c3ccccc3S(=O)(=O)N2C)c1. The fraction of sp³-hybridized carbons (Fsp3) is 0.182. The van der Waals surface area contributed by atoms with Gasteiger partial charge in [0.05, 0.1) is 11.5 Å². The van der Waals surface area contributed by atoms with Crippen molar-refractivity contribution in [2.24, 2.45) is 0 Å². The number of sulfonamides is 1. The molecule has 0 saturated carbocycles. The molecule has 1 heterocycles. The van der Waals surface area contributed by atoms with Gasteiger partial charge in [-0.05, 0) is 35.9 Å². The van der Waals surface area contributed by atoms with Gasteiger partial charge >= 0.3 is 0 Å². The lowest BCUT2D eigenvalue weighted by molar-refractivity contribution is -0.112. The second kappa shape index (κ2) is 9.15. The molecule has 162 valence electrons. The van der Waals surface area contributed by atoms with Gasteiger partial charge in [0, 0.05) is 31.8 Å². The van der Waals surface area contributed by atoms with E-state index in [1.165, 1.54) is 32.4 Å². The van der Waals surface area contributed by atoms with Gasteiger partial charge in [0.15, 0.2) is 5.76 Å². The van der Waals surface area contributed by atoms with Gasteiger partial charge in [0.25, 0.3) is 15.9 Å². The second-order valence-electron chi connectivity index (χ2n) is 6.74. The zero-order valence-corrected chi connectivity index (χ0v) is 17.8. The molecule has 0 aromatic heterocycles. The summed E-state index contributed by atoms with van der Waals surface area (Å²) in [5.41, 5.74) is 0.698. The molecule has 0 saturated heterocycles. The van der Waals surface area contributed by atoms with Gasteiger partial charge in [-0.1, -0.05) is 30.3 Å². The average Bonchev–Trinajstić information content (AvgIpc) is 2.77. The van der Waals surface area contributed by atoms with Crippen molar-refractivity contribution in [2.75, 3.05) is 27.3 Å². The van der Waals surface area contributed by atoms with Crippen LogP contribution in [0, 0.1) is 0 Å². The van der Waals surface area contributed by atoms with E-state index in [1.54, 1.807) is 36.4 Å². The Labute approximate surface area is 180 Å².